The van der Waals surface area contributed by atoms with Crippen LogP contribution in [0, 0.1) is 18.3 Å². The van der Waals surface area contributed by atoms with Gasteiger partial charge in [-0.25, -0.2) is 9.19 Å². The van der Waals surface area contributed by atoms with Crippen LogP contribution in [0.5, 0.6) is 0 Å². The van der Waals surface area contributed by atoms with Gasteiger partial charge in [0, 0.05) is 34.6 Å². The summed E-state index contributed by atoms with van der Waals surface area (Å²) in [5.41, 5.74) is 3.06. The van der Waals surface area contributed by atoms with Crippen molar-refractivity contribution in [1.82, 2.24) is 14.9 Å². The molecule has 2 aromatic heterocycles. The summed E-state index contributed by atoms with van der Waals surface area (Å²) in [6.07, 6.45) is 7.05. The number of nitriles is 1. The number of nitrogens with zero attached hydrogens (tertiary/aromatic N) is 3. The van der Waals surface area contributed by atoms with Gasteiger partial charge in [-0.2, -0.15) is 5.26 Å². The van der Waals surface area contributed by atoms with E-state index in [1.54, 1.807) is 18.6 Å². The van der Waals surface area contributed by atoms with Crippen molar-refractivity contribution in [2.24, 2.45) is 0 Å². The number of likely N-dealkylation sites (tertiary alicyclic amines) is 1. The number of aryl methyl sites for hydroxylation is 1. The number of fused-ring (bicyclic) bond motifs is 1. The van der Waals surface area contributed by atoms with E-state index < -0.39 is 21.8 Å². The second kappa shape index (κ2) is 8.98. The van der Waals surface area contributed by atoms with Crippen molar-refractivity contribution < 1.29 is 8.42 Å². The molecule has 1 saturated heterocycles. The van der Waals surface area contributed by atoms with E-state index in [1.165, 1.54) is 11.3 Å². The zero-order valence-electron chi connectivity index (χ0n) is 16.8. The molecule has 4 rings (SSSR count). The molecule has 0 radical (unpaired) electrons. The molecule has 3 aromatic rings. The van der Waals surface area contributed by atoms with Gasteiger partial charge in [-0.3, -0.25) is 13.8 Å². The average Bonchev–Trinajstić information content (AvgIpc) is 3.38. The van der Waals surface area contributed by atoms with E-state index in [4.69, 9.17) is 0 Å². The van der Waals surface area contributed by atoms with E-state index in [0.29, 0.717) is 27.3 Å². The van der Waals surface area contributed by atoms with Crippen LogP contribution < -0.4 is 4.72 Å². The van der Waals surface area contributed by atoms with Crippen LogP contribution in [0.2, 0.25) is 0 Å². The highest BCUT2D eigenvalue weighted by Crippen LogP contribution is 2.33. The first-order valence-corrected chi connectivity index (χ1v) is 13.3. The molecule has 1 aromatic carbocycles. The van der Waals surface area contributed by atoms with Crippen LogP contribution in [0.3, 0.4) is 0 Å². The van der Waals surface area contributed by atoms with E-state index in [-0.39, 0.29) is 0 Å². The molecule has 30 heavy (non-hydrogen) atoms. The SMILES string of the molecule is Cc1ccc(NS(=O)c2cnc(C3CCN(CS(C)=O)CC3)s2)c2[nH]cc(C#N)c12. The monoisotopic (exact) mass is 461 g/mol. The van der Waals surface area contributed by atoms with Crippen molar-refractivity contribution in [2.75, 3.05) is 29.9 Å². The minimum Gasteiger partial charge on any atom is -0.358 e. The van der Waals surface area contributed by atoms with Gasteiger partial charge in [0.15, 0.2) is 11.0 Å². The van der Waals surface area contributed by atoms with Crippen molar-refractivity contribution in [1.29, 1.82) is 5.26 Å². The number of nitrogens with one attached hydrogen (secondary N) is 2. The Labute approximate surface area is 184 Å². The smallest absolute Gasteiger partial charge is 0.162 e. The van der Waals surface area contributed by atoms with Crippen LogP contribution in [0.25, 0.3) is 10.9 Å². The van der Waals surface area contributed by atoms with Gasteiger partial charge >= 0.3 is 0 Å². The molecule has 2 unspecified atom stereocenters. The van der Waals surface area contributed by atoms with Crippen LogP contribution in [-0.4, -0.2) is 48.5 Å². The van der Waals surface area contributed by atoms with Crippen molar-refractivity contribution in [2.45, 2.75) is 29.9 Å². The van der Waals surface area contributed by atoms with E-state index in [0.717, 1.165) is 47.4 Å². The maximum atomic E-state index is 12.9. The molecule has 2 atom stereocenters. The fraction of sp³-hybridized carbons (Fsp3) is 0.400. The lowest BCUT2D eigenvalue weighted by Gasteiger charge is -2.30. The molecule has 0 saturated carbocycles. The van der Waals surface area contributed by atoms with Gasteiger partial charge in [0.1, 0.15) is 10.3 Å². The van der Waals surface area contributed by atoms with Gasteiger partial charge in [0.2, 0.25) is 0 Å². The molecular formula is C20H23N5O2S3. The summed E-state index contributed by atoms with van der Waals surface area (Å²) in [4.78, 5) is 9.89. The fourth-order valence-corrected chi connectivity index (χ4v) is 6.75. The number of piperidine rings is 1. The number of H-pyrrole nitrogens is 1. The quantitative estimate of drug-likeness (QED) is 0.585. The number of aromatic nitrogens is 2. The number of hydrogen-bond donors (Lipinski definition) is 2. The first-order chi connectivity index (χ1) is 14.5. The summed E-state index contributed by atoms with van der Waals surface area (Å²) >= 11 is 1.49. The predicted molar refractivity (Wildman–Crippen MR) is 122 cm³/mol. The zero-order valence-corrected chi connectivity index (χ0v) is 19.3. The minimum atomic E-state index is -1.44. The standard InChI is InChI=1S/C20H23N5O2S3/c1-13-3-4-16(19-18(13)15(9-21)10-22-19)24-30(27)17-11-23-20(28-17)14-5-7-25(8-6-14)12-29(2)26/h3-4,10-11,14,22,24H,5-8,12H2,1-2H3. The Hall–Kier alpha value is -2.06. The Morgan fingerprint density at radius 2 is 2.13 bits per heavy atom. The van der Waals surface area contributed by atoms with E-state index in [2.05, 4.69) is 25.7 Å². The topological polar surface area (TPSA) is 102 Å². The number of aromatic amines is 1. The van der Waals surface area contributed by atoms with E-state index in [1.807, 2.05) is 19.1 Å². The second-order valence-electron chi connectivity index (χ2n) is 7.48. The third-order valence-electron chi connectivity index (χ3n) is 5.35. The molecule has 2 N–H and O–H groups in total. The third-order valence-corrected chi connectivity index (χ3v) is 8.62. The number of benzene rings is 1. The van der Waals surface area contributed by atoms with Gasteiger partial charge < -0.3 is 4.98 Å². The summed E-state index contributed by atoms with van der Waals surface area (Å²) in [6.45, 7) is 3.78. The fourth-order valence-electron chi connectivity index (χ4n) is 3.86. The molecular weight excluding hydrogens is 438 g/mol. The van der Waals surface area contributed by atoms with Crippen molar-refractivity contribution in [3.8, 4) is 6.07 Å². The lowest BCUT2D eigenvalue weighted by Crippen LogP contribution is -2.35. The third kappa shape index (κ3) is 4.34. The lowest BCUT2D eigenvalue weighted by molar-refractivity contribution is 0.243. The molecule has 10 heteroatoms. The normalized spacial score (nSPS) is 17.6. The summed E-state index contributed by atoms with van der Waals surface area (Å²) in [7, 11) is -2.24. The Morgan fingerprint density at radius 3 is 2.83 bits per heavy atom. The van der Waals surface area contributed by atoms with Gasteiger partial charge in [-0.05, 0) is 44.5 Å². The molecule has 0 amide bonds. The summed E-state index contributed by atoms with van der Waals surface area (Å²) in [5.74, 6) is 0.982. The van der Waals surface area contributed by atoms with Crippen LogP contribution >= 0.6 is 11.3 Å². The molecule has 1 aliphatic rings. The molecule has 7 nitrogen and oxygen atoms in total. The Kier molecular flexibility index (Phi) is 6.34. The molecule has 1 fully saturated rings. The summed E-state index contributed by atoms with van der Waals surface area (Å²) in [6, 6.07) is 5.99. The van der Waals surface area contributed by atoms with Crippen LogP contribution in [0.4, 0.5) is 5.69 Å². The number of rotatable bonds is 6. The highest BCUT2D eigenvalue weighted by Gasteiger charge is 2.24. The van der Waals surface area contributed by atoms with Gasteiger partial charge in [0.05, 0.1) is 33.8 Å². The van der Waals surface area contributed by atoms with Crippen LogP contribution in [0.1, 0.15) is 34.9 Å². The predicted octanol–water partition coefficient (Wildman–Crippen LogP) is 3.45. The largest absolute Gasteiger partial charge is 0.358 e. The van der Waals surface area contributed by atoms with E-state index in [9.17, 15) is 13.7 Å². The highest BCUT2D eigenvalue weighted by molar-refractivity contribution is 7.88. The maximum Gasteiger partial charge on any atom is 0.162 e. The van der Waals surface area contributed by atoms with Gasteiger partial charge in [-0.15, -0.1) is 11.3 Å². The number of anilines is 1. The molecule has 3 heterocycles. The van der Waals surface area contributed by atoms with Crippen molar-refractivity contribution >= 4 is 49.7 Å². The van der Waals surface area contributed by atoms with Gasteiger partial charge in [-0.1, -0.05) is 6.07 Å². The molecule has 0 bridgehead atoms. The van der Waals surface area contributed by atoms with Crippen LogP contribution in [-0.2, 0) is 21.8 Å². The van der Waals surface area contributed by atoms with Gasteiger partial charge in [0.25, 0.3) is 0 Å². The van der Waals surface area contributed by atoms with Crippen LogP contribution in [0.15, 0.2) is 28.7 Å². The minimum absolute atomic E-state index is 0.356. The first kappa shape index (κ1) is 21.2. The average molecular weight is 462 g/mol. The number of thiazole rings is 1. The molecule has 0 spiro atoms. The Bertz CT molecular complexity index is 1160. The lowest BCUT2D eigenvalue weighted by atomic mass is 9.98. The Morgan fingerprint density at radius 1 is 1.37 bits per heavy atom. The van der Waals surface area contributed by atoms with Crippen molar-refractivity contribution in [3.63, 3.8) is 0 Å². The highest BCUT2D eigenvalue weighted by atomic mass is 32.2. The molecule has 1 aliphatic heterocycles. The second-order valence-corrected chi connectivity index (χ2v) is 11.4. The van der Waals surface area contributed by atoms with E-state index >= 15 is 0 Å². The van der Waals surface area contributed by atoms with Crippen molar-refractivity contribution in [3.05, 3.63) is 40.7 Å². The first-order valence-electron chi connectivity index (χ1n) is 9.63. The maximum absolute atomic E-state index is 12.9. The molecule has 0 aliphatic carbocycles. The number of hydrogen-bond acceptors (Lipinski definition) is 6. The summed E-state index contributed by atoms with van der Waals surface area (Å²) in [5, 5.41) is 11.2. The zero-order chi connectivity index (χ0) is 21.3. The molecule has 158 valence electrons. The summed E-state index contributed by atoms with van der Waals surface area (Å²) < 4.78 is 28.1. The Balaban J connectivity index is 1.46.